The van der Waals surface area contributed by atoms with E-state index in [1.807, 2.05) is 6.92 Å². The topological polar surface area (TPSA) is 72.5 Å². The Bertz CT molecular complexity index is 537. The zero-order valence-corrected chi connectivity index (χ0v) is 10.9. The maximum atomic E-state index is 11.8. The summed E-state index contributed by atoms with van der Waals surface area (Å²) < 4.78 is 30.9. The molecule has 6 heteroatoms. The first-order chi connectivity index (χ1) is 8.49. The molecule has 1 aromatic rings. The van der Waals surface area contributed by atoms with E-state index >= 15 is 0 Å². The van der Waals surface area contributed by atoms with Crippen LogP contribution in [0.2, 0.25) is 0 Å². The van der Waals surface area contributed by atoms with Crippen molar-refractivity contribution in [2.45, 2.75) is 18.2 Å². The standard InChI is InChI=1S/C12H15NO4S/c1-3-8-13-18(15,16)11-7-5-6-10(9-11)17-12(14)4-2/h4-7,9,13H,2-3,8H2,1H3. The first kappa shape index (κ1) is 14.4. The highest BCUT2D eigenvalue weighted by atomic mass is 32.2. The molecule has 98 valence electrons. The highest BCUT2D eigenvalue weighted by Gasteiger charge is 2.14. The molecule has 5 nitrogen and oxygen atoms in total. The van der Waals surface area contributed by atoms with Gasteiger partial charge < -0.3 is 4.74 Å². The van der Waals surface area contributed by atoms with Crippen LogP contribution in [0.4, 0.5) is 0 Å². The van der Waals surface area contributed by atoms with Gasteiger partial charge in [-0.25, -0.2) is 17.9 Å². The van der Waals surface area contributed by atoms with Crippen LogP contribution in [0.5, 0.6) is 5.75 Å². The van der Waals surface area contributed by atoms with Gasteiger partial charge in [0.2, 0.25) is 10.0 Å². The Morgan fingerprint density at radius 3 is 2.83 bits per heavy atom. The third-order valence-corrected chi connectivity index (χ3v) is 3.50. The summed E-state index contributed by atoms with van der Waals surface area (Å²) in [6, 6.07) is 5.73. The first-order valence-electron chi connectivity index (χ1n) is 5.43. The number of sulfonamides is 1. The molecular weight excluding hydrogens is 254 g/mol. The number of hydrogen-bond donors (Lipinski definition) is 1. The Morgan fingerprint density at radius 1 is 1.50 bits per heavy atom. The number of rotatable bonds is 6. The summed E-state index contributed by atoms with van der Waals surface area (Å²) in [4.78, 5) is 11.1. The van der Waals surface area contributed by atoms with Gasteiger partial charge in [0, 0.05) is 18.7 Å². The van der Waals surface area contributed by atoms with Crippen molar-refractivity contribution in [1.29, 1.82) is 0 Å². The Balaban J connectivity index is 2.94. The summed E-state index contributed by atoms with van der Waals surface area (Å²) in [6.07, 6.45) is 1.71. The number of hydrogen-bond acceptors (Lipinski definition) is 4. The van der Waals surface area contributed by atoms with Gasteiger partial charge in [-0.3, -0.25) is 0 Å². The minimum atomic E-state index is -3.55. The molecule has 0 radical (unpaired) electrons. The second-order valence-corrected chi connectivity index (χ2v) is 5.26. The predicted molar refractivity (Wildman–Crippen MR) is 67.8 cm³/mol. The molecule has 0 fully saturated rings. The van der Waals surface area contributed by atoms with E-state index in [1.54, 1.807) is 0 Å². The van der Waals surface area contributed by atoms with Crippen LogP contribution in [0.15, 0.2) is 41.8 Å². The minimum absolute atomic E-state index is 0.0605. The van der Waals surface area contributed by atoms with E-state index in [9.17, 15) is 13.2 Å². The van der Waals surface area contributed by atoms with Gasteiger partial charge >= 0.3 is 5.97 Å². The van der Waals surface area contributed by atoms with Crippen LogP contribution < -0.4 is 9.46 Å². The quantitative estimate of drug-likeness (QED) is 0.482. The SMILES string of the molecule is C=CC(=O)Oc1cccc(S(=O)(=O)NCCC)c1. The van der Waals surface area contributed by atoms with Crippen LogP contribution in [0, 0.1) is 0 Å². The van der Waals surface area contributed by atoms with Crippen molar-refractivity contribution < 1.29 is 17.9 Å². The number of esters is 1. The van der Waals surface area contributed by atoms with Gasteiger partial charge in [0.25, 0.3) is 0 Å². The Morgan fingerprint density at radius 2 is 2.22 bits per heavy atom. The fourth-order valence-electron chi connectivity index (χ4n) is 1.18. The molecule has 0 heterocycles. The van der Waals surface area contributed by atoms with Crippen molar-refractivity contribution in [2.24, 2.45) is 0 Å². The van der Waals surface area contributed by atoms with Crippen LogP contribution in [0.25, 0.3) is 0 Å². The van der Waals surface area contributed by atoms with Crippen molar-refractivity contribution >= 4 is 16.0 Å². The molecule has 0 saturated heterocycles. The number of nitrogens with one attached hydrogen (secondary N) is 1. The predicted octanol–water partition coefficient (Wildman–Crippen LogP) is 1.47. The summed E-state index contributed by atoms with van der Waals surface area (Å²) in [5, 5.41) is 0. The van der Waals surface area contributed by atoms with Gasteiger partial charge in [0.05, 0.1) is 4.90 Å². The zero-order valence-electron chi connectivity index (χ0n) is 10.0. The number of carbonyl (C=O) groups excluding carboxylic acids is 1. The average Bonchev–Trinajstić information content (AvgIpc) is 2.36. The molecule has 1 rings (SSSR count). The van der Waals surface area contributed by atoms with Crippen molar-refractivity contribution in [3.8, 4) is 5.75 Å². The summed E-state index contributed by atoms with van der Waals surface area (Å²) >= 11 is 0. The summed E-state index contributed by atoms with van der Waals surface area (Å²) in [6.45, 7) is 5.49. The van der Waals surface area contributed by atoms with Crippen LogP contribution >= 0.6 is 0 Å². The molecule has 18 heavy (non-hydrogen) atoms. The second kappa shape index (κ2) is 6.32. The van der Waals surface area contributed by atoms with Gasteiger partial charge in [-0.2, -0.15) is 0 Å². The monoisotopic (exact) mass is 269 g/mol. The maximum Gasteiger partial charge on any atom is 0.335 e. The summed E-state index contributed by atoms with van der Waals surface area (Å²) in [5.74, 6) is -0.467. The number of benzene rings is 1. The van der Waals surface area contributed by atoms with Crippen LogP contribution in [-0.4, -0.2) is 20.9 Å². The second-order valence-electron chi connectivity index (χ2n) is 3.50. The highest BCUT2D eigenvalue weighted by Crippen LogP contribution is 2.17. The lowest BCUT2D eigenvalue weighted by molar-refractivity contribution is -0.128. The number of carbonyl (C=O) groups is 1. The van der Waals surface area contributed by atoms with Gasteiger partial charge in [-0.1, -0.05) is 19.6 Å². The molecule has 0 atom stereocenters. The zero-order chi connectivity index (χ0) is 13.6. The molecule has 0 aliphatic carbocycles. The summed E-state index contributed by atoms with van der Waals surface area (Å²) in [7, 11) is -3.55. The van der Waals surface area contributed by atoms with E-state index in [0.717, 1.165) is 6.08 Å². The molecule has 0 bridgehead atoms. The largest absolute Gasteiger partial charge is 0.423 e. The van der Waals surface area contributed by atoms with Crippen LogP contribution in [0.1, 0.15) is 13.3 Å². The molecule has 0 aromatic heterocycles. The van der Waals surface area contributed by atoms with E-state index < -0.39 is 16.0 Å². The Kier molecular flexibility index (Phi) is 5.06. The van der Waals surface area contributed by atoms with Crippen LogP contribution in [-0.2, 0) is 14.8 Å². The lowest BCUT2D eigenvalue weighted by Crippen LogP contribution is -2.24. The molecule has 0 aliphatic rings. The smallest absolute Gasteiger partial charge is 0.335 e. The van der Waals surface area contributed by atoms with Gasteiger partial charge in [-0.15, -0.1) is 0 Å². The molecule has 1 aromatic carbocycles. The fourth-order valence-corrected chi connectivity index (χ4v) is 2.35. The molecule has 0 spiro atoms. The van der Waals surface area contributed by atoms with Gasteiger partial charge in [0.15, 0.2) is 0 Å². The Hall–Kier alpha value is -1.66. The average molecular weight is 269 g/mol. The van der Waals surface area contributed by atoms with Crippen molar-refractivity contribution in [2.75, 3.05) is 6.54 Å². The minimum Gasteiger partial charge on any atom is -0.423 e. The lowest BCUT2D eigenvalue weighted by Gasteiger charge is -2.07. The summed E-state index contributed by atoms with van der Waals surface area (Å²) in [5.41, 5.74) is 0. The fraction of sp³-hybridized carbons (Fsp3) is 0.250. The van der Waals surface area contributed by atoms with E-state index in [2.05, 4.69) is 11.3 Å². The van der Waals surface area contributed by atoms with Crippen molar-refractivity contribution in [1.82, 2.24) is 4.72 Å². The molecule has 0 unspecified atom stereocenters. The molecular formula is C12H15NO4S. The third kappa shape index (κ3) is 3.97. The van der Waals surface area contributed by atoms with E-state index in [4.69, 9.17) is 4.74 Å². The number of ether oxygens (including phenoxy) is 1. The highest BCUT2D eigenvalue weighted by molar-refractivity contribution is 7.89. The van der Waals surface area contributed by atoms with Gasteiger partial charge in [0.1, 0.15) is 5.75 Å². The molecule has 0 saturated carbocycles. The van der Waals surface area contributed by atoms with Crippen molar-refractivity contribution in [3.05, 3.63) is 36.9 Å². The van der Waals surface area contributed by atoms with E-state index in [-0.39, 0.29) is 10.6 Å². The molecule has 0 amide bonds. The van der Waals surface area contributed by atoms with E-state index in [1.165, 1.54) is 24.3 Å². The van der Waals surface area contributed by atoms with Crippen molar-refractivity contribution in [3.63, 3.8) is 0 Å². The lowest BCUT2D eigenvalue weighted by atomic mass is 10.3. The Labute approximate surface area is 107 Å². The third-order valence-electron chi connectivity index (χ3n) is 2.04. The van der Waals surface area contributed by atoms with Crippen LogP contribution in [0.3, 0.4) is 0 Å². The molecule has 1 N–H and O–H groups in total. The van der Waals surface area contributed by atoms with E-state index in [0.29, 0.717) is 13.0 Å². The normalized spacial score (nSPS) is 10.9. The maximum absolute atomic E-state index is 11.8. The molecule has 0 aliphatic heterocycles. The van der Waals surface area contributed by atoms with Gasteiger partial charge in [-0.05, 0) is 18.6 Å². The first-order valence-corrected chi connectivity index (χ1v) is 6.92.